The van der Waals surface area contributed by atoms with Crippen molar-refractivity contribution >= 4 is 27.6 Å². The van der Waals surface area contributed by atoms with Gasteiger partial charge in [-0.15, -0.1) is 0 Å². The number of benzene rings is 2. The Kier molecular flexibility index (Phi) is 8.27. The number of hydrogen-bond acceptors (Lipinski definition) is 5. The standard InChI is InChI=1S/C24H30N2O5S/c1-2-26(21-13-7-4-8-14-21)32(29,30)22-15-9-12-20(16-22)24(28)31-18-23(27)25-17-19-10-5-3-6-11-19/h4,7-9,12-16,19H,2-3,5-6,10-11,17-18H2,1H3,(H,25,27). The van der Waals surface area contributed by atoms with Crippen LogP contribution in [0.1, 0.15) is 49.4 Å². The predicted octanol–water partition coefficient (Wildman–Crippen LogP) is 3.76. The van der Waals surface area contributed by atoms with Gasteiger partial charge in [-0.2, -0.15) is 0 Å². The van der Waals surface area contributed by atoms with E-state index in [1.165, 1.54) is 47.8 Å². The predicted molar refractivity (Wildman–Crippen MR) is 123 cm³/mol. The molecule has 3 rings (SSSR count). The summed E-state index contributed by atoms with van der Waals surface area (Å²) in [5.41, 5.74) is 0.618. The molecular formula is C24H30N2O5S. The fourth-order valence-electron chi connectivity index (χ4n) is 3.91. The van der Waals surface area contributed by atoms with Crippen molar-refractivity contribution in [3.63, 3.8) is 0 Å². The second-order valence-electron chi connectivity index (χ2n) is 7.92. The van der Waals surface area contributed by atoms with E-state index >= 15 is 0 Å². The topological polar surface area (TPSA) is 92.8 Å². The first-order valence-electron chi connectivity index (χ1n) is 11.0. The van der Waals surface area contributed by atoms with Gasteiger partial charge < -0.3 is 10.1 Å². The Bertz CT molecular complexity index is 1020. The summed E-state index contributed by atoms with van der Waals surface area (Å²) in [5.74, 6) is -0.608. The van der Waals surface area contributed by atoms with E-state index in [1.54, 1.807) is 31.2 Å². The first-order valence-corrected chi connectivity index (χ1v) is 12.5. The van der Waals surface area contributed by atoms with Crippen molar-refractivity contribution < 1.29 is 22.7 Å². The molecule has 7 nitrogen and oxygen atoms in total. The zero-order valence-electron chi connectivity index (χ0n) is 18.3. The molecule has 0 atom stereocenters. The van der Waals surface area contributed by atoms with Crippen LogP contribution in [0.3, 0.4) is 0 Å². The van der Waals surface area contributed by atoms with Gasteiger partial charge in [0.05, 0.1) is 16.1 Å². The van der Waals surface area contributed by atoms with Gasteiger partial charge in [-0.25, -0.2) is 13.2 Å². The number of sulfonamides is 1. The fourth-order valence-corrected chi connectivity index (χ4v) is 5.43. The summed E-state index contributed by atoms with van der Waals surface area (Å²) < 4.78 is 32.7. The zero-order chi connectivity index (χ0) is 23.0. The largest absolute Gasteiger partial charge is 0.452 e. The van der Waals surface area contributed by atoms with Crippen LogP contribution in [0.25, 0.3) is 0 Å². The third kappa shape index (κ3) is 6.09. The molecule has 0 spiro atoms. The average molecular weight is 459 g/mol. The molecule has 0 unspecified atom stereocenters. The summed E-state index contributed by atoms with van der Waals surface area (Å²) in [6.07, 6.45) is 5.85. The molecule has 0 bridgehead atoms. The van der Waals surface area contributed by atoms with Gasteiger partial charge in [0.15, 0.2) is 6.61 Å². The average Bonchev–Trinajstić information content (AvgIpc) is 2.83. The molecule has 2 aromatic rings. The summed E-state index contributed by atoms with van der Waals surface area (Å²) in [5, 5.41) is 2.82. The number of amides is 1. The quantitative estimate of drug-likeness (QED) is 0.578. The Morgan fingerprint density at radius 3 is 2.44 bits per heavy atom. The highest BCUT2D eigenvalue weighted by Gasteiger charge is 2.25. The Morgan fingerprint density at radius 1 is 1.03 bits per heavy atom. The number of para-hydroxylation sites is 1. The number of rotatable bonds is 9. The van der Waals surface area contributed by atoms with Crippen LogP contribution in [0.2, 0.25) is 0 Å². The second kappa shape index (κ2) is 11.1. The van der Waals surface area contributed by atoms with Crippen molar-refractivity contribution in [3.05, 3.63) is 60.2 Å². The first kappa shape index (κ1) is 23.8. The molecule has 1 N–H and O–H groups in total. The minimum absolute atomic E-state index is 0.0144. The molecular weight excluding hydrogens is 428 g/mol. The highest BCUT2D eigenvalue weighted by atomic mass is 32.2. The smallest absolute Gasteiger partial charge is 0.338 e. The SMILES string of the molecule is CCN(c1ccccc1)S(=O)(=O)c1cccc(C(=O)OCC(=O)NCC2CCCCC2)c1. The summed E-state index contributed by atoms with van der Waals surface area (Å²) in [6, 6.07) is 14.5. The van der Waals surface area contributed by atoms with Crippen LogP contribution in [0.4, 0.5) is 5.69 Å². The lowest BCUT2D eigenvalue weighted by Gasteiger charge is -2.23. The van der Waals surface area contributed by atoms with Gasteiger partial charge in [0.2, 0.25) is 0 Å². The third-order valence-corrected chi connectivity index (χ3v) is 7.54. The Hall–Kier alpha value is -2.87. The van der Waals surface area contributed by atoms with Crippen LogP contribution in [0.5, 0.6) is 0 Å². The molecule has 0 heterocycles. The van der Waals surface area contributed by atoms with E-state index in [0.29, 0.717) is 18.2 Å². The Balaban J connectivity index is 1.62. The maximum Gasteiger partial charge on any atom is 0.338 e. The number of ether oxygens (including phenoxy) is 1. The number of carbonyl (C=O) groups excluding carboxylic acids is 2. The molecule has 1 amide bonds. The minimum Gasteiger partial charge on any atom is -0.452 e. The van der Waals surface area contributed by atoms with Gasteiger partial charge >= 0.3 is 5.97 Å². The number of nitrogens with zero attached hydrogens (tertiary/aromatic N) is 1. The molecule has 0 saturated heterocycles. The van der Waals surface area contributed by atoms with Crippen LogP contribution >= 0.6 is 0 Å². The fraction of sp³-hybridized carbons (Fsp3) is 0.417. The third-order valence-electron chi connectivity index (χ3n) is 5.64. The van der Waals surface area contributed by atoms with E-state index < -0.39 is 22.6 Å². The lowest BCUT2D eigenvalue weighted by Crippen LogP contribution is -2.33. The normalized spacial score (nSPS) is 14.5. The van der Waals surface area contributed by atoms with E-state index in [-0.39, 0.29) is 22.9 Å². The van der Waals surface area contributed by atoms with Crippen molar-refractivity contribution in [1.29, 1.82) is 0 Å². The van der Waals surface area contributed by atoms with Crippen molar-refractivity contribution in [2.45, 2.75) is 43.9 Å². The number of nitrogens with one attached hydrogen (secondary N) is 1. The van der Waals surface area contributed by atoms with Crippen molar-refractivity contribution in [2.75, 3.05) is 24.0 Å². The molecule has 0 radical (unpaired) electrons. The first-order chi connectivity index (χ1) is 15.4. The molecule has 32 heavy (non-hydrogen) atoms. The van der Waals surface area contributed by atoms with Gasteiger partial charge in [-0.3, -0.25) is 9.10 Å². The summed E-state index contributed by atoms with van der Waals surface area (Å²) in [6.45, 7) is 2.18. The van der Waals surface area contributed by atoms with Crippen LogP contribution in [0.15, 0.2) is 59.5 Å². The summed E-state index contributed by atoms with van der Waals surface area (Å²) >= 11 is 0. The highest BCUT2D eigenvalue weighted by molar-refractivity contribution is 7.92. The van der Waals surface area contributed by atoms with E-state index in [1.807, 2.05) is 6.07 Å². The van der Waals surface area contributed by atoms with E-state index in [0.717, 1.165) is 12.8 Å². The van der Waals surface area contributed by atoms with Gasteiger partial charge in [0.25, 0.3) is 15.9 Å². The van der Waals surface area contributed by atoms with Crippen molar-refractivity contribution in [1.82, 2.24) is 5.32 Å². The van der Waals surface area contributed by atoms with Crippen LogP contribution in [-0.2, 0) is 19.6 Å². The van der Waals surface area contributed by atoms with Crippen molar-refractivity contribution in [3.8, 4) is 0 Å². The van der Waals surface area contributed by atoms with E-state index in [2.05, 4.69) is 5.32 Å². The molecule has 1 fully saturated rings. The molecule has 0 aromatic heterocycles. The minimum atomic E-state index is -3.87. The number of carbonyl (C=O) groups is 2. The monoisotopic (exact) mass is 458 g/mol. The lowest BCUT2D eigenvalue weighted by molar-refractivity contribution is -0.124. The molecule has 172 valence electrons. The Morgan fingerprint density at radius 2 is 1.75 bits per heavy atom. The van der Waals surface area contributed by atoms with E-state index in [4.69, 9.17) is 4.74 Å². The van der Waals surface area contributed by atoms with Crippen LogP contribution in [0, 0.1) is 5.92 Å². The highest BCUT2D eigenvalue weighted by Crippen LogP contribution is 2.24. The Labute approximate surface area is 189 Å². The van der Waals surface area contributed by atoms with Gasteiger partial charge in [0.1, 0.15) is 0 Å². The van der Waals surface area contributed by atoms with Gasteiger partial charge in [0, 0.05) is 13.1 Å². The summed E-state index contributed by atoms with van der Waals surface area (Å²) in [7, 11) is -3.87. The van der Waals surface area contributed by atoms with Gasteiger partial charge in [-0.1, -0.05) is 43.5 Å². The number of hydrogen-bond donors (Lipinski definition) is 1. The molecule has 1 aliphatic carbocycles. The summed E-state index contributed by atoms with van der Waals surface area (Å²) in [4.78, 5) is 24.5. The van der Waals surface area contributed by atoms with E-state index in [9.17, 15) is 18.0 Å². The van der Waals surface area contributed by atoms with Gasteiger partial charge in [-0.05, 0) is 56.0 Å². The molecule has 0 aliphatic heterocycles. The second-order valence-corrected chi connectivity index (χ2v) is 9.78. The zero-order valence-corrected chi connectivity index (χ0v) is 19.1. The maximum absolute atomic E-state index is 13.1. The molecule has 2 aromatic carbocycles. The molecule has 1 aliphatic rings. The molecule has 8 heteroatoms. The molecule has 1 saturated carbocycles. The lowest BCUT2D eigenvalue weighted by atomic mass is 9.89. The van der Waals surface area contributed by atoms with Crippen LogP contribution in [-0.4, -0.2) is 40.0 Å². The maximum atomic E-state index is 13.1. The van der Waals surface area contributed by atoms with Crippen molar-refractivity contribution in [2.24, 2.45) is 5.92 Å². The number of esters is 1. The van der Waals surface area contributed by atoms with Crippen LogP contribution < -0.4 is 9.62 Å². The number of anilines is 1.